The number of benzene rings is 1. The topological polar surface area (TPSA) is 46.2 Å². The van der Waals surface area contributed by atoms with Crippen molar-refractivity contribution in [1.82, 2.24) is 4.72 Å². The van der Waals surface area contributed by atoms with Crippen molar-refractivity contribution in [3.63, 3.8) is 0 Å². The first kappa shape index (κ1) is 17.4. The van der Waals surface area contributed by atoms with Crippen LogP contribution in [0.15, 0.2) is 27.6 Å². The number of halogens is 3. The Hall–Kier alpha value is 0.380. The van der Waals surface area contributed by atoms with Crippen molar-refractivity contribution >= 4 is 53.5 Å². The fourth-order valence-corrected chi connectivity index (χ4v) is 4.76. The molecule has 0 saturated carbocycles. The molecule has 0 aromatic heterocycles. The Kier molecular flexibility index (Phi) is 6.32. The van der Waals surface area contributed by atoms with E-state index in [1.54, 1.807) is 12.1 Å². The largest absolute Gasteiger partial charge is 0.242 e. The molecule has 7 heteroatoms. The van der Waals surface area contributed by atoms with Crippen molar-refractivity contribution in [3.8, 4) is 0 Å². The molecule has 0 amide bonds. The molecule has 3 nitrogen and oxygen atoms in total. The van der Waals surface area contributed by atoms with Crippen LogP contribution in [0.3, 0.4) is 0 Å². The summed E-state index contributed by atoms with van der Waals surface area (Å²) >= 11 is 12.6. The van der Waals surface area contributed by atoms with Gasteiger partial charge in [-0.15, -0.1) is 0 Å². The van der Waals surface area contributed by atoms with Gasteiger partial charge < -0.3 is 0 Å². The molecule has 0 saturated heterocycles. The summed E-state index contributed by atoms with van der Waals surface area (Å²) in [5, 5.41) is 1.04. The number of sulfonamides is 1. The first-order chi connectivity index (χ1) is 8.68. The van der Waals surface area contributed by atoms with E-state index in [2.05, 4.69) is 36.6 Å². The Morgan fingerprint density at radius 3 is 2.53 bits per heavy atom. The van der Waals surface area contributed by atoms with Gasteiger partial charge in [-0.1, -0.05) is 57.3 Å². The van der Waals surface area contributed by atoms with E-state index in [0.717, 1.165) is 16.2 Å². The van der Waals surface area contributed by atoms with Gasteiger partial charge in [0.25, 0.3) is 0 Å². The quantitative estimate of drug-likeness (QED) is 0.684. The summed E-state index contributed by atoms with van der Waals surface area (Å²) in [6, 6.07) is 4.72. The highest BCUT2D eigenvalue weighted by molar-refractivity contribution is 9.10. The van der Waals surface area contributed by atoms with Crippen LogP contribution in [-0.4, -0.2) is 20.3 Å². The van der Waals surface area contributed by atoms with Crippen LogP contribution in [0.2, 0.25) is 5.02 Å². The number of alkyl halides is 1. The second-order valence-electron chi connectivity index (χ2n) is 5.00. The molecular weight excluding hydrogens is 417 g/mol. The molecule has 1 aromatic rings. The standard InChI is InChI=1S/C12H16Br2ClNO2S/c1-12(2,5-6-13)8-16-19(17,18)11-4-3-9(14)7-10(11)15/h3-4,7,16H,5-6,8H2,1-2H3. The molecule has 108 valence electrons. The van der Waals surface area contributed by atoms with Gasteiger partial charge in [0.15, 0.2) is 0 Å². The normalized spacial score (nSPS) is 12.7. The van der Waals surface area contributed by atoms with Crippen LogP contribution in [0.25, 0.3) is 0 Å². The van der Waals surface area contributed by atoms with E-state index in [1.807, 2.05) is 13.8 Å². The monoisotopic (exact) mass is 431 g/mol. The summed E-state index contributed by atoms with van der Waals surface area (Å²) in [5.74, 6) is 0. The minimum Gasteiger partial charge on any atom is -0.211 e. The average Bonchev–Trinajstić information content (AvgIpc) is 2.26. The predicted molar refractivity (Wildman–Crippen MR) is 86.5 cm³/mol. The van der Waals surface area contributed by atoms with E-state index >= 15 is 0 Å². The SMILES string of the molecule is CC(C)(CCBr)CNS(=O)(=O)c1ccc(Br)cc1Cl. The third-order valence-corrected chi connectivity index (χ3v) is 5.47. The molecule has 0 aliphatic heterocycles. The molecule has 1 aromatic carbocycles. The van der Waals surface area contributed by atoms with Crippen LogP contribution in [0.1, 0.15) is 20.3 Å². The van der Waals surface area contributed by atoms with Gasteiger partial charge in [0, 0.05) is 16.3 Å². The highest BCUT2D eigenvalue weighted by Crippen LogP contribution is 2.26. The first-order valence-corrected chi connectivity index (χ1v) is 9.46. The Morgan fingerprint density at radius 1 is 1.37 bits per heavy atom. The number of rotatable bonds is 6. The van der Waals surface area contributed by atoms with Crippen LogP contribution in [-0.2, 0) is 10.0 Å². The smallest absolute Gasteiger partial charge is 0.211 e. The van der Waals surface area contributed by atoms with E-state index in [9.17, 15) is 8.42 Å². The molecule has 0 bridgehead atoms. The maximum absolute atomic E-state index is 12.2. The molecule has 0 heterocycles. The summed E-state index contributed by atoms with van der Waals surface area (Å²) in [7, 11) is -3.58. The molecule has 0 atom stereocenters. The lowest BCUT2D eigenvalue weighted by Crippen LogP contribution is -2.34. The van der Waals surface area contributed by atoms with Crippen molar-refractivity contribution in [2.24, 2.45) is 5.41 Å². The lowest BCUT2D eigenvalue weighted by molar-refractivity contribution is 0.354. The minimum absolute atomic E-state index is 0.104. The summed E-state index contributed by atoms with van der Waals surface area (Å²) < 4.78 is 27.7. The molecule has 0 unspecified atom stereocenters. The molecule has 1 rings (SSSR count). The Bertz CT molecular complexity index is 547. The van der Waals surface area contributed by atoms with Crippen LogP contribution in [0.5, 0.6) is 0 Å². The summed E-state index contributed by atoms with van der Waals surface area (Å²) in [6.45, 7) is 4.40. The number of nitrogens with one attached hydrogen (secondary N) is 1. The fraction of sp³-hybridized carbons (Fsp3) is 0.500. The Morgan fingerprint density at radius 2 is 2.00 bits per heavy atom. The van der Waals surface area contributed by atoms with Crippen molar-refractivity contribution in [3.05, 3.63) is 27.7 Å². The van der Waals surface area contributed by atoms with E-state index < -0.39 is 10.0 Å². The Labute approximate surface area is 136 Å². The third kappa shape index (κ3) is 5.34. The molecular formula is C12H16Br2ClNO2S. The van der Waals surface area contributed by atoms with E-state index in [0.29, 0.717) is 6.54 Å². The van der Waals surface area contributed by atoms with E-state index in [4.69, 9.17) is 11.6 Å². The summed E-state index contributed by atoms with van der Waals surface area (Å²) in [6.07, 6.45) is 0.879. The van der Waals surface area contributed by atoms with Crippen molar-refractivity contribution in [2.45, 2.75) is 25.2 Å². The lowest BCUT2D eigenvalue weighted by atomic mass is 9.91. The van der Waals surface area contributed by atoms with Crippen LogP contribution < -0.4 is 4.72 Å². The average molecular weight is 434 g/mol. The summed E-state index contributed by atoms with van der Waals surface area (Å²) in [4.78, 5) is 0.104. The molecule has 0 spiro atoms. The van der Waals surface area contributed by atoms with Gasteiger partial charge in [-0.25, -0.2) is 13.1 Å². The highest BCUT2D eigenvalue weighted by Gasteiger charge is 2.23. The first-order valence-electron chi connectivity index (χ1n) is 5.69. The van der Waals surface area contributed by atoms with E-state index in [1.165, 1.54) is 6.07 Å². The summed E-state index contributed by atoms with van der Waals surface area (Å²) in [5.41, 5.74) is -0.113. The minimum atomic E-state index is -3.58. The van der Waals surface area contributed by atoms with Crippen LogP contribution >= 0.6 is 43.5 Å². The van der Waals surface area contributed by atoms with Gasteiger partial charge in [0.2, 0.25) is 10.0 Å². The van der Waals surface area contributed by atoms with Gasteiger partial charge in [-0.05, 0) is 30.0 Å². The second-order valence-corrected chi connectivity index (χ2v) is 8.85. The maximum Gasteiger partial charge on any atom is 0.242 e. The molecule has 0 aliphatic carbocycles. The lowest BCUT2D eigenvalue weighted by Gasteiger charge is -2.24. The molecule has 19 heavy (non-hydrogen) atoms. The molecule has 0 aliphatic rings. The second kappa shape index (κ2) is 6.89. The van der Waals surface area contributed by atoms with Crippen molar-refractivity contribution < 1.29 is 8.42 Å². The van der Waals surface area contributed by atoms with Crippen molar-refractivity contribution in [2.75, 3.05) is 11.9 Å². The Balaban J connectivity index is 2.87. The van der Waals surface area contributed by atoms with Gasteiger partial charge in [-0.2, -0.15) is 0 Å². The maximum atomic E-state index is 12.2. The molecule has 0 fully saturated rings. The molecule has 1 N–H and O–H groups in total. The van der Waals surface area contributed by atoms with Crippen LogP contribution in [0.4, 0.5) is 0 Å². The van der Waals surface area contributed by atoms with Crippen LogP contribution in [0, 0.1) is 5.41 Å². The fourth-order valence-electron chi connectivity index (χ4n) is 1.41. The predicted octanol–water partition coefficient (Wildman–Crippen LogP) is 4.19. The zero-order valence-electron chi connectivity index (χ0n) is 10.7. The van der Waals surface area contributed by atoms with Gasteiger partial charge in [-0.3, -0.25) is 0 Å². The van der Waals surface area contributed by atoms with Gasteiger partial charge >= 0.3 is 0 Å². The number of hydrogen-bond donors (Lipinski definition) is 1. The number of hydrogen-bond acceptors (Lipinski definition) is 2. The zero-order valence-corrected chi connectivity index (χ0v) is 15.5. The van der Waals surface area contributed by atoms with Gasteiger partial charge in [0.05, 0.1) is 5.02 Å². The highest BCUT2D eigenvalue weighted by atomic mass is 79.9. The third-order valence-electron chi connectivity index (χ3n) is 2.70. The van der Waals surface area contributed by atoms with E-state index in [-0.39, 0.29) is 15.3 Å². The molecule has 0 radical (unpaired) electrons. The zero-order chi connectivity index (χ0) is 14.7. The van der Waals surface area contributed by atoms with Crippen molar-refractivity contribution in [1.29, 1.82) is 0 Å². The van der Waals surface area contributed by atoms with Gasteiger partial charge in [0.1, 0.15) is 4.90 Å².